The third kappa shape index (κ3) is 2.63. The summed E-state index contributed by atoms with van der Waals surface area (Å²) >= 11 is 0. The summed E-state index contributed by atoms with van der Waals surface area (Å²) < 4.78 is 78.5. The highest BCUT2D eigenvalue weighted by Gasteiger charge is 2.52. The highest BCUT2D eigenvalue weighted by Crippen LogP contribution is 2.41. The van der Waals surface area contributed by atoms with E-state index in [1.54, 1.807) is 0 Å². The molecule has 1 aromatic heterocycles. The first-order chi connectivity index (χ1) is 10.3. The molecular weight excluding hydrogens is 326 g/mol. The van der Waals surface area contributed by atoms with E-state index in [0.717, 1.165) is 23.7 Å². The summed E-state index contributed by atoms with van der Waals surface area (Å²) in [6, 6.07) is 3.75. The fourth-order valence-electron chi connectivity index (χ4n) is 2.32. The number of benzene rings is 1. The third-order valence-electron chi connectivity index (χ3n) is 3.66. The summed E-state index contributed by atoms with van der Waals surface area (Å²) in [5, 5.41) is 18.5. The van der Waals surface area contributed by atoms with Crippen molar-refractivity contribution in [3.8, 4) is 6.07 Å². The number of rotatable bonds is 1. The molecule has 2 rings (SSSR count). The van der Waals surface area contributed by atoms with Gasteiger partial charge in [-0.25, -0.2) is 0 Å². The molecule has 9 heteroatoms. The molecule has 2 aromatic rings. The second-order valence-corrected chi connectivity index (χ2v) is 5.22. The molecule has 1 unspecified atom stereocenters. The van der Waals surface area contributed by atoms with Crippen molar-refractivity contribution in [3.05, 3.63) is 35.0 Å². The number of hydrogen-bond acceptors (Lipinski definition) is 2. The first-order valence-corrected chi connectivity index (χ1v) is 6.21. The summed E-state index contributed by atoms with van der Waals surface area (Å²) in [5.74, 6) is 0. The van der Waals surface area contributed by atoms with E-state index in [2.05, 4.69) is 0 Å². The number of fused-ring (bicyclic) bond motifs is 1. The number of aliphatic hydroxyl groups is 1. The average molecular weight is 336 g/mol. The molecule has 0 aliphatic rings. The molecule has 124 valence electrons. The van der Waals surface area contributed by atoms with Gasteiger partial charge in [0, 0.05) is 18.0 Å². The highest BCUT2D eigenvalue weighted by molar-refractivity contribution is 5.84. The number of halogens is 6. The van der Waals surface area contributed by atoms with E-state index in [9.17, 15) is 31.4 Å². The highest BCUT2D eigenvalue weighted by atomic mass is 19.4. The molecule has 0 radical (unpaired) electrons. The molecule has 3 nitrogen and oxygen atoms in total. The number of nitriles is 1. The van der Waals surface area contributed by atoms with Crippen LogP contribution in [-0.2, 0) is 18.8 Å². The monoisotopic (exact) mass is 336 g/mol. The lowest BCUT2D eigenvalue weighted by atomic mass is 10.0. The van der Waals surface area contributed by atoms with Gasteiger partial charge in [0.2, 0.25) is 0 Å². The Morgan fingerprint density at radius 2 is 1.65 bits per heavy atom. The molecule has 0 amide bonds. The Kier molecular flexibility index (Phi) is 3.65. The second kappa shape index (κ2) is 4.89. The van der Waals surface area contributed by atoms with Crippen LogP contribution in [0.25, 0.3) is 10.9 Å². The van der Waals surface area contributed by atoms with Crippen LogP contribution in [0.15, 0.2) is 18.2 Å². The summed E-state index contributed by atoms with van der Waals surface area (Å²) in [7, 11) is 1.12. The maximum Gasteiger partial charge on any atom is 0.422 e. The van der Waals surface area contributed by atoms with Gasteiger partial charge in [-0.2, -0.15) is 31.6 Å². The molecule has 1 aromatic carbocycles. The first kappa shape index (κ1) is 17.1. The van der Waals surface area contributed by atoms with Crippen LogP contribution < -0.4 is 0 Å². The summed E-state index contributed by atoms with van der Waals surface area (Å²) in [5.41, 5.74) is -5.98. The molecule has 0 fully saturated rings. The minimum absolute atomic E-state index is 0.00317. The molecule has 0 spiro atoms. The molecule has 0 bridgehead atoms. The maximum atomic E-state index is 12.9. The van der Waals surface area contributed by atoms with E-state index >= 15 is 0 Å². The fourth-order valence-corrected chi connectivity index (χ4v) is 2.32. The van der Waals surface area contributed by atoms with E-state index in [1.165, 1.54) is 6.07 Å². The van der Waals surface area contributed by atoms with E-state index in [4.69, 9.17) is 5.26 Å². The van der Waals surface area contributed by atoms with Gasteiger partial charge in [0.05, 0.1) is 22.9 Å². The van der Waals surface area contributed by atoms with Gasteiger partial charge in [0.25, 0.3) is 0 Å². The van der Waals surface area contributed by atoms with Crippen LogP contribution >= 0.6 is 0 Å². The zero-order valence-electron chi connectivity index (χ0n) is 11.8. The zero-order valence-corrected chi connectivity index (χ0v) is 11.8. The van der Waals surface area contributed by atoms with Crippen LogP contribution in [0.3, 0.4) is 0 Å². The fraction of sp³-hybridized carbons (Fsp3) is 0.357. The largest absolute Gasteiger partial charge is 0.422 e. The molecular formula is C14H10F6N2O. The molecule has 23 heavy (non-hydrogen) atoms. The lowest BCUT2D eigenvalue weighted by molar-refractivity contribution is -0.261. The number of hydrogen-bond donors (Lipinski definition) is 1. The van der Waals surface area contributed by atoms with Gasteiger partial charge in [-0.05, 0) is 25.1 Å². The van der Waals surface area contributed by atoms with Crippen LogP contribution in [0.5, 0.6) is 0 Å². The normalized spacial score (nSPS) is 15.5. The Morgan fingerprint density at radius 3 is 2.09 bits per heavy atom. The van der Waals surface area contributed by atoms with Crippen molar-refractivity contribution >= 4 is 10.9 Å². The van der Waals surface area contributed by atoms with Crippen molar-refractivity contribution in [2.45, 2.75) is 24.9 Å². The number of aromatic nitrogens is 1. The lowest BCUT2D eigenvalue weighted by Gasteiger charge is -2.26. The van der Waals surface area contributed by atoms with Crippen molar-refractivity contribution in [1.82, 2.24) is 4.57 Å². The molecule has 1 heterocycles. The van der Waals surface area contributed by atoms with Crippen LogP contribution in [0.2, 0.25) is 0 Å². The van der Waals surface area contributed by atoms with Crippen molar-refractivity contribution in [3.63, 3.8) is 0 Å². The lowest BCUT2D eigenvalue weighted by Crippen LogP contribution is -2.40. The topological polar surface area (TPSA) is 49.0 Å². The standard InChI is InChI=1S/C14H10F6N2O/c1-12(23,14(18,19)20)11-4-7-3-8(6-21)9(13(15,16)17)5-10(7)22(11)2/h3-5,23H,1-2H3. The van der Waals surface area contributed by atoms with Gasteiger partial charge < -0.3 is 9.67 Å². The SMILES string of the molecule is Cn1c(C(C)(O)C(F)(F)F)cc2cc(C#N)c(C(F)(F)F)cc21. The predicted molar refractivity (Wildman–Crippen MR) is 68.3 cm³/mol. The van der Waals surface area contributed by atoms with Crippen LogP contribution in [0.4, 0.5) is 26.3 Å². The van der Waals surface area contributed by atoms with E-state index in [0.29, 0.717) is 13.0 Å². The predicted octanol–water partition coefficient (Wildman–Crippen LogP) is 3.84. The quantitative estimate of drug-likeness (QED) is 0.805. The molecule has 0 saturated carbocycles. The van der Waals surface area contributed by atoms with Gasteiger partial charge in [0.1, 0.15) is 0 Å². The first-order valence-electron chi connectivity index (χ1n) is 6.21. The number of alkyl halides is 6. The maximum absolute atomic E-state index is 12.9. The Labute approximate surface area is 126 Å². The molecule has 0 saturated heterocycles. The van der Waals surface area contributed by atoms with Crippen molar-refractivity contribution < 1.29 is 31.4 Å². The second-order valence-electron chi connectivity index (χ2n) is 5.22. The van der Waals surface area contributed by atoms with Crippen LogP contribution in [-0.4, -0.2) is 15.8 Å². The third-order valence-corrected chi connectivity index (χ3v) is 3.66. The Hall–Kier alpha value is -2.21. The minimum Gasteiger partial charge on any atom is -0.375 e. The molecule has 1 atom stereocenters. The molecule has 0 aliphatic heterocycles. The average Bonchev–Trinajstić information content (AvgIpc) is 2.72. The van der Waals surface area contributed by atoms with Crippen LogP contribution in [0, 0.1) is 11.3 Å². The molecule has 0 aliphatic carbocycles. The molecule has 1 N–H and O–H groups in total. The van der Waals surface area contributed by atoms with Gasteiger partial charge in [-0.1, -0.05) is 0 Å². The van der Waals surface area contributed by atoms with Crippen molar-refractivity contribution in [2.75, 3.05) is 0 Å². The summed E-state index contributed by atoms with van der Waals surface area (Å²) in [6.45, 7) is 0.511. The Balaban J connectivity index is 2.81. The number of aryl methyl sites for hydroxylation is 1. The number of nitrogens with zero attached hydrogens (tertiary/aromatic N) is 2. The van der Waals surface area contributed by atoms with E-state index in [1.807, 2.05) is 0 Å². The smallest absolute Gasteiger partial charge is 0.375 e. The zero-order chi connectivity index (χ0) is 17.8. The van der Waals surface area contributed by atoms with E-state index in [-0.39, 0.29) is 10.9 Å². The van der Waals surface area contributed by atoms with Gasteiger partial charge in [-0.3, -0.25) is 0 Å². The van der Waals surface area contributed by atoms with Gasteiger partial charge in [-0.15, -0.1) is 0 Å². The Bertz CT molecular complexity index is 808. The van der Waals surface area contributed by atoms with Crippen LogP contribution in [0.1, 0.15) is 23.7 Å². The van der Waals surface area contributed by atoms with E-state index < -0.39 is 34.8 Å². The van der Waals surface area contributed by atoms with Gasteiger partial charge in [0.15, 0.2) is 5.60 Å². The Morgan fingerprint density at radius 1 is 1.09 bits per heavy atom. The van der Waals surface area contributed by atoms with Crippen molar-refractivity contribution in [1.29, 1.82) is 5.26 Å². The summed E-state index contributed by atoms with van der Waals surface area (Å²) in [4.78, 5) is 0. The van der Waals surface area contributed by atoms with Crippen molar-refractivity contribution in [2.24, 2.45) is 7.05 Å². The van der Waals surface area contributed by atoms with Gasteiger partial charge >= 0.3 is 12.4 Å². The minimum atomic E-state index is -5.01. The summed E-state index contributed by atoms with van der Waals surface area (Å²) in [6.07, 6.45) is -9.84.